The Kier molecular flexibility index (Phi) is 5.79. The number of ether oxygens (including phenoxy) is 1. The molecule has 0 aliphatic rings. The number of aliphatic hydroxyl groups is 1. The summed E-state index contributed by atoms with van der Waals surface area (Å²) in [7, 11) is 1.91. The highest BCUT2D eigenvalue weighted by molar-refractivity contribution is 7.22. The molecule has 31 heavy (non-hydrogen) atoms. The van der Waals surface area contributed by atoms with Gasteiger partial charge in [-0.25, -0.2) is 4.39 Å². The Morgan fingerprint density at radius 3 is 2.61 bits per heavy atom. The quantitative estimate of drug-likeness (QED) is 0.313. The highest BCUT2D eigenvalue weighted by Crippen LogP contribution is 2.40. The molecule has 4 rings (SSSR count). The molecule has 0 saturated carbocycles. The maximum Gasteiger partial charge on any atom is 0.272 e. The summed E-state index contributed by atoms with van der Waals surface area (Å²) in [4.78, 5) is 17.4. The van der Waals surface area contributed by atoms with Gasteiger partial charge in [0.25, 0.3) is 5.69 Å². The number of thiophene rings is 1. The molecule has 7 nitrogen and oxygen atoms in total. The molecule has 4 aromatic rings. The molecule has 9 heteroatoms. The van der Waals surface area contributed by atoms with Gasteiger partial charge in [-0.2, -0.15) is 0 Å². The first-order valence-electron chi connectivity index (χ1n) is 9.39. The van der Waals surface area contributed by atoms with Gasteiger partial charge in [0.15, 0.2) is 11.6 Å². The predicted octanol–water partition coefficient (Wildman–Crippen LogP) is 5.23. The number of hydrogen-bond acceptors (Lipinski definition) is 7. The Balaban J connectivity index is 1.64. The third-order valence-electron chi connectivity index (χ3n) is 4.75. The first kappa shape index (κ1) is 20.7. The van der Waals surface area contributed by atoms with Crippen molar-refractivity contribution in [3.63, 3.8) is 0 Å². The summed E-state index contributed by atoms with van der Waals surface area (Å²) < 4.78 is 20.7. The van der Waals surface area contributed by atoms with Crippen molar-refractivity contribution in [2.24, 2.45) is 0 Å². The van der Waals surface area contributed by atoms with Gasteiger partial charge in [0, 0.05) is 42.5 Å². The Morgan fingerprint density at radius 1 is 1.16 bits per heavy atom. The molecule has 2 aromatic heterocycles. The smallest absolute Gasteiger partial charge is 0.272 e. The molecule has 0 radical (unpaired) electrons. The number of nitro benzene ring substituents is 1. The fraction of sp³-hybridized carbons (Fsp3) is 0.136. The summed E-state index contributed by atoms with van der Waals surface area (Å²) in [6.45, 7) is 0.629. The number of likely N-dealkylation sites (N-methyl/N-ethyl adjacent to an activating group) is 1. The van der Waals surface area contributed by atoms with E-state index < -0.39 is 10.7 Å². The zero-order valence-electron chi connectivity index (χ0n) is 16.5. The largest absolute Gasteiger partial charge is 0.453 e. The molecule has 0 spiro atoms. The maximum absolute atomic E-state index is 14.3. The molecule has 2 aromatic carbocycles. The third kappa shape index (κ3) is 4.32. The van der Waals surface area contributed by atoms with E-state index in [2.05, 4.69) is 4.98 Å². The summed E-state index contributed by atoms with van der Waals surface area (Å²) in [6.07, 6.45) is 1.57. The number of anilines is 1. The van der Waals surface area contributed by atoms with Crippen LogP contribution in [0.1, 0.15) is 0 Å². The van der Waals surface area contributed by atoms with Crippen LogP contribution in [0.15, 0.2) is 60.8 Å². The van der Waals surface area contributed by atoms with Crippen molar-refractivity contribution in [1.29, 1.82) is 0 Å². The summed E-state index contributed by atoms with van der Waals surface area (Å²) in [5.41, 5.74) is 2.36. The van der Waals surface area contributed by atoms with E-state index in [4.69, 9.17) is 9.84 Å². The first-order valence-corrected chi connectivity index (χ1v) is 10.2. The average Bonchev–Trinajstić information content (AvgIpc) is 3.20. The van der Waals surface area contributed by atoms with Gasteiger partial charge in [-0.15, -0.1) is 11.3 Å². The standard InChI is InChI=1S/C22H18FN3O4S/c1-25(10-11-27)15-4-2-14(3-5-15)21-13-18-22(31-21)20(8-9-24-18)30-19-7-6-16(26(28)29)12-17(19)23/h2-9,12-13,27H,10-11H2,1H3. The van der Waals surface area contributed by atoms with Crippen LogP contribution in [-0.2, 0) is 0 Å². The van der Waals surface area contributed by atoms with Gasteiger partial charge in [0.2, 0.25) is 0 Å². The van der Waals surface area contributed by atoms with Crippen LogP contribution in [0.2, 0.25) is 0 Å². The molecular weight excluding hydrogens is 421 g/mol. The van der Waals surface area contributed by atoms with Crippen LogP contribution < -0.4 is 9.64 Å². The monoisotopic (exact) mass is 439 g/mol. The lowest BCUT2D eigenvalue weighted by atomic mass is 10.1. The summed E-state index contributed by atoms with van der Waals surface area (Å²) in [5, 5.41) is 19.9. The van der Waals surface area contributed by atoms with Crippen LogP contribution in [0.5, 0.6) is 11.5 Å². The minimum absolute atomic E-state index is 0.0817. The van der Waals surface area contributed by atoms with Crippen molar-refractivity contribution in [3.8, 4) is 21.9 Å². The molecule has 0 saturated heterocycles. The van der Waals surface area contributed by atoms with E-state index in [1.807, 2.05) is 42.3 Å². The second kappa shape index (κ2) is 8.66. The molecule has 0 aliphatic carbocycles. The number of rotatable bonds is 7. The number of nitrogens with zero attached hydrogens (tertiary/aromatic N) is 3. The van der Waals surface area contributed by atoms with Gasteiger partial charge in [-0.1, -0.05) is 12.1 Å². The number of fused-ring (bicyclic) bond motifs is 1. The van der Waals surface area contributed by atoms with Gasteiger partial charge in [-0.05, 0) is 29.8 Å². The van der Waals surface area contributed by atoms with Crippen LogP contribution in [0.25, 0.3) is 20.7 Å². The van der Waals surface area contributed by atoms with Gasteiger partial charge in [0.05, 0.1) is 27.8 Å². The Labute approximate surface area is 181 Å². The maximum atomic E-state index is 14.3. The minimum atomic E-state index is -0.807. The fourth-order valence-electron chi connectivity index (χ4n) is 3.10. The van der Waals surface area contributed by atoms with E-state index in [-0.39, 0.29) is 18.0 Å². The molecule has 2 heterocycles. The summed E-state index contributed by atoms with van der Waals surface area (Å²) in [5.74, 6) is -0.476. The molecule has 0 aliphatic heterocycles. The number of halogens is 1. The fourth-order valence-corrected chi connectivity index (χ4v) is 4.17. The van der Waals surface area contributed by atoms with Crippen molar-refractivity contribution in [2.45, 2.75) is 0 Å². The van der Waals surface area contributed by atoms with Gasteiger partial charge < -0.3 is 14.7 Å². The zero-order chi connectivity index (χ0) is 22.0. The molecule has 158 valence electrons. The van der Waals surface area contributed by atoms with Crippen LogP contribution in [0.4, 0.5) is 15.8 Å². The second-order valence-electron chi connectivity index (χ2n) is 6.80. The van der Waals surface area contributed by atoms with Crippen molar-refractivity contribution in [2.75, 3.05) is 25.1 Å². The number of benzene rings is 2. The van der Waals surface area contributed by atoms with Crippen LogP contribution >= 0.6 is 11.3 Å². The lowest BCUT2D eigenvalue weighted by Gasteiger charge is -2.17. The van der Waals surface area contributed by atoms with Crippen molar-refractivity contribution >= 4 is 32.9 Å². The molecule has 0 bridgehead atoms. The number of pyridine rings is 1. The lowest BCUT2D eigenvalue weighted by molar-refractivity contribution is -0.385. The molecule has 0 unspecified atom stereocenters. The molecule has 0 atom stereocenters. The zero-order valence-corrected chi connectivity index (χ0v) is 17.3. The van der Waals surface area contributed by atoms with Crippen LogP contribution in [-0.4, -0.2) is 35.2 Å². The summed E-state index contributed by atoms with van der Waals surface area (Å²) in [6, 6.07) is 14.8. The first-order chi connectivity index (χ1) is 15.0. The van der Waals surface area contributed by atoms with Gasteiger partial charge in [-0.3, -0.25) is 15.1 Å². The number of aromatic nitrogens is 1. The Morgan fingerprint density at radius 2 is 1.94 bits per heavy atom. The van der Waals surface area contributed by atoms with E-state index >= 15 is 0 Å². The number of nitro groups is 1. The van der Waals surface area contributed by atoms with E-state index in [9.17, 15) is 14.5 Å². The average molecular weight is 439 g/mol. The lowest BCUT2D eigenvalue weighted by Crippen LogP contribution is -2.20. The van der Waals surface area contributed by atoms with Crippen LogP contribution in [0, 0.1) is 15.9 Å². The van der Waals surface area contributed by atoms with Crippen molar-refractivity contribution < 1.29 is 19.2 Å². The topological polar surface area (TPSA) is 88.7 Å². The second-order valence-corrected chi connectivity index (χ2v) is 7.85. The van der Waals surface area contributed by atoms with E-state index in [1.165, 1.54) is 23.5 Å². The molecule has 0 fully saturated rings. The van der Waals surface area contributed by atoms with Crippen LogP contribution in [0.3, 0.4) is 0 Å². The number of aliphatic hydroxyl groups excluding tert-OH is 1. The number of non-ortho nitro benzene ring substituents is 1. The Bertz CT molecular complexity index is 1240. The SMILES string of the molecule is CN(CCO)c1ccc(-c2cc3nccc(Oc4ccc([N+](=O)[O-])cc4F)c3s2)cc1. The van der Waals surface area contributed by atoms with Gasteiger partial charge >= 0.3 is 0 Å². The predicted molar refractivity (Wildman–Crippen MR) is 119 cm³/mol. The normalized spacial score (nSPS) is 10.9. The van der Waals surface area contributed by atoms with Gasteiger partial charge in [0.1, 0.15) is 5.75 Å². The molecule has 1 N–H and O–H groups in total. The highest BCUT2D eigenvalue weighted by atomic mass is 32.1. The minimum Gasteiger partial charge on any atom is -0.453 e. The molecule has 0 amide bonds. The summed E-state index contributed by atoms with van der Waals surface area (Å²) >= 11 is 1.46. The molecular formula is C22H18FN3O4S. The van der Waals surface area contributed by atoms with E-state index in [1.54, 1.807) is 12.3 Å². The third-order valence-corrected chi connectivity index (χ3v) is 5.94. The number of hydrogen-bond donors (Lipinski definition) is 1. The van der Waals surface area contributed by atoms with Crippen molar-refractivity contribution in [3.05, 3.63) is 76.7 Å². The van der Waals surface area contributed by atoms with E-state index in [0.29, 0.717) is 17.8 Å². The Hall–Kier alpha value is -3.56. The highest BCUT2D eigenvalue weighted by Gasteiger charge is 2.15. The van der Waals surface area contributed by atoms with E-state index in [0.717, 1.165) is 26.9 Å². The van der Waals surface area contributed by atoms with Crippen molar-refractivity contribution in [1.82, 2.24) is 4.98 Å².